The normalized spacial score (nSPS) is 47.7. The molecule has 1 unspecified atom stereocenters. The van der Waals surface area contributed by atoms with Crippen molar-refractivity contribution in [1.82, 2.24) is 0 Å². The fourth-order valence-corrected chi connectivity index (χ4v) is 1.08. The van der Waals surface area contributed by atoms with Gasteiger partial charge in [0.15, 0.2) is 6.29 Å². The van der Waals surface area contributed by atoms with Crippen LogP contribution in [0.5, 0.6) is 0 Å². The second-order valence-electron chi connectivity index (χ2n) is 2.71. The molecule has 5 atom stereocenters. The summed E-state index contributed by atoms with van der Waals surface area (Å²) in [5.41, 5.74) is 0. The molecule has 11 heavy (non-hydrogen) atoms. The van der Waals surface area contributed by atoms with E-state index >= 15 is 0 Å². The maximum atomic E-state index is 9.10. The van der Waals surface area contributed by atoms with Gasteiger partial charge in [-0.15, -0.1) is 0 Å². The molecule has 5 nitrogen and oxygen atoms in total. The maximum Gasteiger partial charge on any atom is 0.184 e. The van der Waals surface area contributed by atoms with Crippen molar-refractivity contribution in [3.63, 3.8) is 0 Å². The predicted octanol–water partition coefficient (Wildman–Crippen LogP) is -2.19. The molecule has 0 aromatic rings. The van der Waals surface area contributed by atoms with Gasteiger partial charge in [-0.2, -0.15) is 0 Å². The summed E-state index contributed by atoms with van der Waals surface area (Å²) in [6, 6.07) is 0. The van der Waals surface area contributed by atoms with E-state index in [0.29, 0.717) is 0 Å². The lowest BCUT2D eigenvalue weighted by molar-refractivity contribution is -0.143. The lowest BCUT2D eigenvalue weighted by Gasteiger charge is -2.16. The van der Waals surface area contributed by atoms with E-state index in [-0.39, 0.29) is 0 Å². The average molecular weight is 164 g/mol. The smallest absolute Gasteiger partial charge is 0.184 e. The number of hydrogen-bond donors (Lipinski definition) is 4. The zero-order valence-corrected chi connectivity index (χ0v) is 6.08. The van der Waals surface area contributed by atoms with Crippen LogP contribution in [0.25, 0.3) is 0 Å². The summed E-state index contributed by atoms with van der Waals surface area (Å²) in [5, 5.41) is 35.8. The molecule has 1 saturated heterocycles. The Hall–Kier alpha value is -0.200. The van der Waals surface area contributed by atoms with Crippen LogP contribution in [0.1, 0.15) is 6.92 Å². The van der Waals surface area contributed by atoms with E-state index in [0.717, 1.165) is 0 Å². The third kappa shape index (κ3) is 1.52. The molecule has 1 aliphatic heterocycles. The van der Waals surface area contributed by atoms with Gasteiger partial charge in [0.25, 0.3) is 0 Å². The molecule has 0 saturated carbocycles. The number of aliphatic hydroxyl groups is 4. The summed E-state index contributed by atoms with van der Waals surface area (Å²) in [7, 11) is 0. The monoisotopic (exact) mass is 164 g/mol. The second kappa shape index (κ2) is 3.04. The van der Waals surface area contributed by atoms with Crippen LogP contribution in [0.15, 0.2) is 0 Å². The first kappa shape index (κ1) is 8.89. The zero-order chi connectivity index (χ0) is 8.59. The molecule has 0 aromatic heterocycles. The van der Waals surface area contributed by atoms with Crippen molar-refractivity contribution in [3.05, 3.63) is 0 Å². The number of rotatable bonds is 1. The Balaban J connectivity index is 2.59. The summed E-state index contributed by atoms with van der Waals surface area (Å²) in [6.45, 7) is 1.42. The van der Waals surface area contributed by atoms with Crippen LogP contribution in [0, 0.1) is 0 Å². The lowest BCUT2D eigenvalue weighted by Crippen LogP contribution is -2.37. The fraction of sp³-hybridized carbons (Fsp3) is 1.00. The molecule has 0 spiro atoms. The van der Waals surface area contributed by atoms with Crippen LogP contribution in [-0.2, 0) is 4.74 Å². The van der Waals surface area contributed by atoms with Crippen molar-refractivity contribution in [3.8, 4) is 0 Å². The number of aliphatic hydroxyl groups excluding tert-OH is 4. The highest BCUT2D eigenvalue weighted by molar-refractivity contribution is 4.88. The van der Waals surface area contributed by atoms with Gasteiger partial charge < -0.3 is 25.2 Å². The molecule has 0 radical (unpaired) electrons. The zero-order valence-electron chi connectivity index (χ0n) is 6.08. The highest BCUT2D eigenvalue weighted by atomic mass is 16.6. The largest absolute Gasteiger partial charge is 0.391 e. The average Bonchev–Trinajstić information content (AvgIpc) is 2.17. The first-order chi connectivity index (χ1) is 5.04. The molecular weight excluding hydrogens is 152 g/mol. The van der Waals surface area contributed by atoms with Crippen LogP contribution < -0.4 is 0 Å². The molecule has 0 amide bonds. The molecular formula is C6H12O5. The first-order valence-corrected chi connectivity index (χ1v) is 3.41. The quantitative estimate of drug-likeness (QED) is 0.353. The number of hydrogen-bond acceptors (Lipinski definition) is 5. The maximum absolute atomic E-state index is 9.10. The van der Waals surface area contributed by atoms with Crippen molar-refractivity contribution in [2.75, 3.05) is 0 Å². The van der Waals surface area contributed by atoms with Crippen LogP contribution in [0.3, 0.4) is 0 Å². The molecule has 0 aliphatic carbocycles. The molecule has 0 aromatic carbocycles. The summed E-state index contributed by atoms with van der Waals surface area (Å²) in [6.07, 6.45) is -5.75. The Labute approximate surface area is 63.8 Å². The molecule has 1 aliphatic rings. The highest BCUT2D eigenvalue weighted by Gasteiger charge is 2.43. The molecule has 66 valence electrons. The minimum atomic E-state index is -1.40. The lowest BCUT2D eigenvalue weighted by atomic mass is 10.1. The molecule has 5 heteroatoms. The van der Waals surface area contributed by atoms with E-state index in [4.69, 9.17) is 20.4 Å². The third-order valence-electron chi connectivity index (χ3n) is 1.75. The van der Waals surface area contributed by atoms with E-state index in [1.54, 1.807) is 0 Å². The van der Waals surface area contributed by atoms with Gasteiger partial charge in [0.05, 0.1) is 6.10 Å². The Morgan fingerprint density at radius 1 is 1.18 bits per heavy atom. The topological polar surface area (TPSA) is 90.2 Å². The summed E-state index contributed by atoms with van der Waals surface area (Å²) in [4.78, 5) is 0. The predicted molar refractivity (Wildman–Crippen MR) is 34.6 cm³/mol. The molecule has 1 rings (SSSR count). The van der Waals surface area contributed by atoms with Crippen molar-refractivity contribution in [2.24, 2.45) is 0 Å². The second-order valence-corrected chi connectivity index (χ2v) is 2.71. The fourth-order valence-electron chi connectivity index (χ4n) is 1.08. The van der Waals surface area contributed by atoms with Crippen molar-refractivity contribution in [1.29, 1.82) is 0 Å². The highest BCUT2D eigenvalue weighted by Crippen LogP contribution is 2.21. The molecule has 0 bridgehead atoms. The van der Waals surface area contributed by atoms with E-state index < -0.39 is 30.7 Å². The first-order valence-electron chi connectivity index (χ1n) is 3.41. The standard InChI is InChI=1S/C6H12O5/c1-2(7)5-3(8)4(9)6(10)11-5/h2-10H,1H3/t2-,3+,4?,5-,6+/m0/s1. The Kier molecular flexibility index (Phi) is 2.46. The van der Waals surface area contributed by atoms with Gasteiger partial charge in [0.1, 0.15) is 18.3 Å². The summed E-state index contributed by atoms with van der Waals surface area (Å²) >= 11 is 0. The van der Waals surface area contributed by atoms with Gasteiger partial charge in [0, 0.05) is 0 Å². The van der Waals surface area contributed by atoms with Gasteiger partial charge in [-0.05, 0) is 6.92 Å². The van der Waals surface area contributed by atoms with Crippen LogP contribution in [-0.4, -0.2) is 51.1 Å². The van der Waals surface area contributed by atoms with Gasteiger partial charge in [0.2, 0.25) is 0 Å². The van der Waals surface area contributed by atoms with Crippen molar-refractivity contribution >= 4 is 0 Å². The Bertz CT molecular complexity index is 137. The van der Waals surface area contributed by atoms with E-state index in [1.807, 2.05) is 0 Å². The van der Waals surface area contributed by atoms with Crippen molar-refractivity contribution in [2.45, 2.75) is 37.6 Å². The molecule has 4 N–H and O–H groups in total. The van der Waals surface area contributed by atoms with E-state index in [1.165, 1.54) is 6.92 Å². The Morgan fingerprint density at radius 2 is 1.73 bits per heavy atom. The van der Waals surface area contributed by atoms with Crippen molar-refractivity contribution < 1.29 is 25.2 Å². The van der Waals surface area contributed by atoms with E-state index in [2.05, 4.69) is 4.74 Å². The summed E-state index contributed by atoms with van der Waals surface area (Å²) in [5.74, 6) is 0. The van der Waals surface area contributed by atoms with Crippen LogP contribution >= 0.6 is 0 Å². The van der Waals surface area contributed by atoms with Gasteiger partial charge in [-0.25, -0.2) is 0 Å². The molecule has 1 fully saturated rings. The number of ether oxygens (including phenoxy) is 1. The van der Waals surface area contributed by atoms with Crippen LogP contribution in [0.2, 0.25) is 0 Å². The molecule has 1 heterocycles. The SMILES string of the molecule is C[C@H](O)[C@@H]1O[C@@H](O)C(O)[C@H]1O. The summed E-state index contributed by atoms with van der Waals surface area (Å²) < 4.78 is 4.65. The Morgan fingerprint density at radius 3 is 1.91 bits per heavy atom. The van der Waals surface area contributed by atoms with Gasteiger partial charge in [-0.1, -0.05) is 0 Å². The van der Waals surface area contributed by atoms with Gasteiger partial charge >= 0.3 is 0 Å². The van der Waals surface area contributed by atoms with E-state index in [9.17, 15) is 0 Å². The van der Waals surface area contributed by atoms with Gasteiger partial charge in [-0.3, -0.25) is 0 Å². The minimum Gasteiger partial charge on any atom is -0.391 e. The third-order valence-corrected chi connectivity index (χ3v) is 1.75. The van der Waals surface area contributed by atoms with Crippen LogP contribution in [0.4, 0.5) is 0 Å². The minimum absolute atomic E-state index is 0.903.